The number of rotatable bonds is 3. The molecule has 0 saturated carbocycles. The van der Waals surface area contributed by atoms with Gasteiger partial charge in [-0.15, -0.1) is 0 Å². The third-order valence-electron chi connectivity index (χ3n) is 4.61. The molecule has 4 heteroatoms. The van der Waals surface area contributed by atoms with Gasteiger partial charge in [-0.2, -0.15) is 0 Å². The normalized spacial score (nSPS) is 31.9. The van der Waals surface area contributed by atoms with Crippen LogP contribution in [-0.2, 0) is 9.53 Å². The average Bonchev–Trinajstić information content (AvgIpc) is 2.72. The highest BCUT2D eigenvalue weighted by atomic mass is 16.5. The molecule has 0 aromatic heterocycles. The number of aliphatic hydroxyl groups is 1. The molecule has 21 heavy (non-hydrogen) atoms. The second kappa shape index (κ2) is 5.62. The number of carbonyl (C=O) groups is 1. The fraction of sp³-hybridized carbons (Fsp3) is 0.471. The molecule has 2 bridgehead atoms. The van der Waals surface area contributed by atoms with Crippen LogP contribution in [0.15, 0.2) is 36.4 Å². The summed E-state index contributed by atoms with van der Waals surface area (Å²) in [5.74, 6) is -0.453. The third kappa shape index (κ3) is 2.39. The van der Waals surface area contributed by atoms with Crippen LogP contribution in [0.4, 0.5) is 0 Å². The molecule has 4 atom stereocenters. The zero-order chi connectivity index (χ0) is 15.0. The van der Waals surface area contributed by atoms with Gasteiger partial charge in [0.1, 0.15) is 0 Å². The maximum absolute atomic E-state index is 12.1. The summed E-state index contributed by atoms with van der Waals surface area (Å²) < 4.78 is 5.17. The standard InChI is InChI=1S/C17H21NO3/c1-3-21-17(20)14-10-12-9-13(11-7-5-4-6-8-11)16(19)15(14)18(12)2/h4-9,12,14-16,19H,3,10H2,1-2H3/t12-,14-,15-,16-/m1/s1. The molecular weight excluding hydrogens is 266 g/mol. The van der Waals surface area contributed by atoms with Gasteiger partial charge in [0.25, 0.3) is 0 Å². The third-order valence-corrected chi connectivity index (χ3v) is 4.61. The minimum Gasteiger partial charge on any atom is -0.466 e. The number of benzene rings is 1. The molecule has 4 nitrogen and oxygen atoms in total. The van der Waals surface area contributed by atoms with E-state index >= 15 is 0 Å². The molecule has 0 spiro atoms. The predicted octanol–water partition coefficient (Wildman–Crippen LogP) is 1.70. The minimum atomic E-state index is -0.662. The molecule has 1 N–H and O–H groups in total. The summed E-state index contributed by atoms with van der Waals surface area (Å²) in [5.41, 5.74) is 1.95. The Balaban J connectivity index is 1.91. The summed E-state index contributed by atoms with van der Waals surface area (Å²) in [6.45, 7) is 2.19. The average molecular weight is 287 g/mol. The van der Waals surface area contributed by atoms with Gasteiger partial charge in [-0.1, -0.05) is 36.4 Å². The Morgan fingerprint density at radius 3 is 2.76 bits per heavy atom. The lowest BCUT2D eigenvalue weighted by molar-refractivity contribution is -0.149. The lowest BCUT2D eigenvalue weighted by Crippen LogP contribution is -2.47. The molecule has 1 aromatic rings. The summed E-state index contributed by atoms with van der Waals surface area (Å²) in [6.07, 6.45) is 2.15. The second-order valence-electron chi connectivity index (χ2n) is 5.75. The molecule has 0 radical (unpaired) electrons. The van der Waals surface area contributed by atoms with Crippen LogP contribution in [0.2, 0.25) is 0 Å². The molecule has 3 rings (SSSR count). The van der Waals surface area contributed by atoms with E-state index in [-0.39, 0.29) is 24.0 Å². The van der Waals surface area contributed by atoms with Crippen molar-refractivity contribution in [2.45, 2.75) is 31.5 Å². The molecule has 1 fully saturated rings. The molecule has 2 heterocycles. The monoisotopic (exact) mass is 287 g/mol. The van der Waals surface area contributed by atoms with E-state index in [1.165, 1.54) is 0 Å². The lowest BCUT2D eigenvalue weighted by atomic mass is 9.89. The molecule has 1 saturated heterocycles. The van der Waals surface area contributed by atoms with Crippen molar-refractivity contribution in [1.29, 1.82) is 0 Å². The molecular formula is C17H21NO3. The Bertz CT molecular complexity index is 554. The molecule has 112 valence electrons. The van der Waals surface area contributed by atoms with Gasteiger partial charge in [0, 0.05) is 6.04 Å². The Hall–Kier alpha value is -1.65. The first-order valence-corrected chi connectivity index (χ1v) is 7.47. The van der Waals surface area contributed by atoms with Gasteiger partial charge in [-0.3, -0.25) is 9.69 Å². The topological polar surface area (TPSA) is 49.8 Å². The molecule has 0 amide bonds. The summed E-state index contributed by atoms with van der Waals surface area (Å²) in [6, 6.07) is 9.87. The van der Waals surface area contributed by atoms with Crippen LogP contribution in [0.3, 0.4) is 0 Å². The first kappa shape index (κ1) is 14.3. The maximum Gasteiger partial charge on any atom is 0.310 e. The minimum absolute atomic E-state index is 0.183. The smallest absolute Gasteiger partial charge is 0.310 e. The lowest BCUT2D eigenvalue weighted by Gasteiger charge is -2.36. The van der Waals surface area contributed by atoms with E-state index < -0.39 is 6.10 Å². The predicted molar refractivity (Wildman–Crippen MR) is 80.5 cm³/mol. The van der Waals surface area contributed by atoms with E-state index in [9.17, 15) is 9.90 Å². The van der Waals surface area contributed by atoms with E-state index in [0.717, 1.165) is 11.1 Å². The van der Waals surface area contributed by atoms with E-state index in [1.807, 2.05) is 44.3 Å². The SMILES string of the molecule is CCOC(=O)[C@@H]1C[C@H]2C=C(c3ccccc3)[C@@H](O)[C@@H]1N2C. The van der Waals surface area contributed by atoms with E-state index in [4.69, 9.17) is 4.74 Å². The first-order chi connectivity index (χ1) is 10.1. The van der Waals surface area contributed by atoms with Crippen LogP contribution in [0.1, 0.15) is 18.9 Å². The van der Waals surface area contributed by atoms with Crippen molar-refractivity contribution in [1.82, 2.24) is 4.90 Å². The van der Waals surface area contributed by atoms with Gasteiger partial charge < -0.3 is 9.84 Å². The number of nitrogens with zero attached hydrogens (tertiary/aromatic N) is 1. The van der Waals surface area contributed by atoms with Crippen LogP contribution in [0.25, 0.3) is 5.57 Å². The second-order valence-corrected chi connectivity index (χ2v) is 5.75. The molecule has 2 aliphatic heterocycles. The van der Waals surface area contributed by atoms with Gasteiger partial charge in [-0.05, 0) is 31.5 Å². The van der Waals surface area contributed by atoms with Crippen molar-refractivity contribution in [2.24, 2.45) is 5.92 Å². The number of carbonyl (C=O) groups excluding carboxylic acids is 1. The van der Waals surface area contributed by atoms with E-state index in [1.54, 1.807) is 0 Å². The summed E-state index contributed by atoms with van der Waals surface area (Å²) in [4.78, 5) is 14.2. The van der Waals surface area contributed by atoms with Crippen LogP contribution < -0.4 is 0 Å². The van der Waals surface area contributed by atoms with E-state index in [2.05, 4.69) is 11.0 Å². The quantitative estimate of drug-likeness (QED) is 0.860. The Morgan fingerprint density at radius 2 is 2.10 bits per heavy atom. The van der Waals surface area contributed by atoms with Crippen LogP contribution in [0.5, 0.6) is 0 Å². The Kier molecular flexibility index (Phi) is 3.83. The number of fused-ring (bicyclic) bond motifs is 2. The zero-order valence-corrected chi connectivity index (χ0v) is 12.4. The number of hydrogen-bond donors (Lipinski definition) is 1. The highest BCUT2D eigenvalue weighted by Gasteiger charge is 2.50. The van der Waals surface area contributed by atoms with Crippen molar-refractivity contribution < 1.29 is 14.6 Å². The maximum atomic E-state index is 12.1. The number of ether oxygens (including phenoxy) is 1. The highest BCUT2D eigenvalue weighted by molar-refractivity contribution is 5.78. The van der Waals surface area contributed by atoms with E-state index in [0.29, 0.717) is 13.0 Å². The van der Waals surface area contributed by atoms with Gasteiger partial charge in [0.2, 0.25) is 0 Å². The summed E-state index contributed by atoms with van der Waals surface area (Å²) >= 11 is 0. The Morgan fingerprint density at radius 1 is 1.38 bits per heavy atom. The van der Waals surface area contributed by atoms with Gasteiger partial charge in [-0.25, -0.2) is 0 Å². The van der Waals surface area contributed by atoms with Crippen molar-refractivity contribution >= 4 is 11.5 Å². The Labute approximate surface area is 125 Å². The van der Waals surface area contributed by atoms with Gasteiger partial charge in [0.05, 0.1) is 24.7 Å². The molecule has 0 unspecified atom stereocenters. The fourth-order valence-electron chi connectivity index (χ4n) is 3.57. The van der Waals surface area contributed by atoms with Crippen LogP contribution >= 0.6 is 0 Å². The van der Waals surface area contributed by atoms with Crippen molar-refractivity contribution in [3.8, 4) is 0 Å². The molecule has 1 aromatic carbocycles. The summed E-state index contributed by atoms with van der Waals surface area (Å²) in [5, 5.41) is 10.7. The van der Waals surface area contributed by atoms with Crippen molar-refractivity contribution in [2.75, 3.05) is 13.7 Å². The first-order valence-electron chi connectivity index (χ1n) is 7.47. The number of esters is 1. The van der Waals surface area contributed by atoms with Crippen molar-refractivity contribution in [3.05, 3.63) is 42.0 Å². The molecule has 0 aliphatic carbocycles. The van der Waals surface area contributed by atoms with Crippen LogP contribution in [0, 0.1) is 5.92 Å². The van der Waals surface area contributed by atoms with Gasteiger partial charge >= 0.3 is 5.97 Å². The molecule has 2 aliphatic rings. The summed E-state index contributed by atoms with van der Waals surface area (Å²) in [7, 11) is 1.97. The van der Waals surface area contributed by atoms with Gasteiger partial charge in [0.15, 0.2) is 0 Å². The largest absolute Gasteiger partial charge is 0.466 e. The number of hydrogen-bond acceptors (Lipinski definition) is 4. The zero-order valence-electron chi connectivity index (χ0n) is 12.4. The van der Waals surface area contributed by atoms with Crippen LogP contribution in [-0.4, -0.2) is 47.8 Å². The fourth-order valence-corrected chi connectivity index (χ4v) is 3.57. The number of aliphatic hydroxyl groups excluding tert-OH is 1. The highest BCUT2D eigenvalue weighted by Crippen LogP contribution is 2.41. The number of likely N-dealkylation sites (N-methyl/N-ethyl adjacent to an activating group) is 1. The van der Waals surface area contributed by atoms with Crippen molar-refractivity contribution in [3.63, 3.8) is 0 Å².